The van der Waals surface area contributed by atoms with Gasteiger partial charge in [-0.2, -0.15) is 0 Å². The molecule has 502 valence electrons. The molecule has 0 fully saturated rings. The highest BCUT2D eigenvalue weighted by molar-refractivity contribution is 5.70. The number of nitrogens with zero attached hydrogens (tertiary/aromatic N) is 1. The minimum Gasteiger partial charge on any atom is -0.545 e. The maximum absolute atomic E-state index is 12.9. The zero-order valence-corrected chi connectivity index (χ0v) is 57.4. The van der Waals surface area contributed by atoms with Gasteiger partial charge >= 0.3 is 11.9 Å². The molecule has 0 saturated heterocycles. The summed E-state index contributed by atoms with van der Waals surface area (Å²) in [5, 5.41) is 11.8. The number of esters is 2. The number of ether oxygens (including phenoxy) is 4. The van der Waals surface area contributed by atoms with E-state index >= 15 is 0 Å². The van der Waals surface area contributed by atoms with Gasteiger partial charge in [-0.3, -0.25) is 9.59 Å². The molecule has 0 aromatic carbocycles. The van der Waals surface area contributed by atoms with Crippen LogP contribution in [0.3, 0.4) is 0 Å². The standard InChI is InChI=1S/C78H137NO8/c1-6-8-10-12-14-16-18-20-22-24-26-28-30-32-34-35-36-37-38-39-40-41-43-45-47-49-51-53-55-57-59-61-63-65-67-69-76(81)87-74(73-86-78(77(82)83)84-71-70-79(3,4)5)72-85-75(80)68-66-64-62-60-58-56-54-52-50-48-46-44-42-33-31-29-27-25-23-21-19-17-15-13-11-9-7-2/h8,10,14,16,19-22,25-28,31-34,74,78H,6-7,9,11-13,15,17-18,23-24,29-30,35-73H2,1-5H3/b10-8-,16-14-,21-19-,22-20-,27-25-,28-26-,33-31-,34-32-. The molecule has 2 unspecified atom stereocenters. The Morgan fingerprint density at radius 3 is 0.977 bits per heavy atom. The lowest BCUT2D eigenvalue weighted by atomic mass is 10.0. The molecule has 9 nitrogen and oxygen atoms in total. The minimum absolute atomic E-state index is 0.146. The van der Waals surface area contributed by atoms with Crippen LogP contribution in [0.2, 0.25) is 0 Å². The molecule has 0 aliphatic rings. The largest absolute Gasteiger partial charge is 0.545 e. The molecule has 0 aromatic rings. The van der Waals surface area contributed by atoms with E-state index in [0.29, 0.717) is 17.4 Å². The Morgan fingerprint density at radius 2 is 0.655 bits per heavy atom. The number of allylic oxidation sites excluding steroid dienone is 16. The van der Waals surface area contributed by atoms with Crippen LogP contribution in [0.4, 0.5) is 0 Å². The second kappa shape index (κ2) is 68.1. The van der Waals surface area contributed by atoms with Crippen molar-refractivity contribution in [1.29, 1.82) is 0 Å². The van der Waals surface area contributed by atoms with Crippen LogP contribution < -0.4 is 5.11 Å². The number of likely N-dealkylation sites (N-methyl/N-ethyl adjacent to an activating group) is 1. The van der Waals surface area contributed by atoms with E-state index in [4.69, 9.17) is 18.9 Å². The fourth-order valence-electron chi connectivity index (χ4n) is 10.3. The maximum Gasteiger partial charge on any atom is 0.306 e. The summed E-state index contributed by atoms with van der Waals surface area (Å²) in [7, 11) is 5.94. The van der Waals surface area contributed by atoms with Gasteiger partial charge in [-0.25, -0.2) is 0 Å². The van der Waals surface area contributed by atoms with Crippen LogP contribution in [-0.4, -0.2) is 82.3 Å². The van der Waals surface area contributed by atoms with Crippen LogP contribution >= 0.6 is 0 Å². The Balaban J connectivity index is 4.07. The molecule has 0 heterocycles. The number of unbranched alkanes of at least 4 members (excludes halogenated alkanes) is 36. The van der Waals surface area contributed by atoms with Gasteiger partial charge in [0, 0.05) is 12.8 Å². The third-order valence-electron chi connectivity index (χ3n) is 15.8. The van der Waals surface area contributed by atoms with Crippen molar-refractivity contribution in [2.45, 2.75) is 334 Å². The van der Waals surface area contributed by atoms with Crippen LogP contribution in [0, 0.1) is 0 Å². The predicted molar refractivity (Wildman–Crippen MR) is 371 cm³/mol. The quantitative estimate of drug-likeness (QED) is 0.0195. The van der Waals surface area contributed by atoms with E-state index in [1.807, 2.05) is 21.1 Å². The Morgan fingerprint density at radius 1 is 0.356 bits per heavy atom. The molecule has 9 heteroatoms. The zero-order valence-electron chi connectivity index (χ0n) is 57.4. The number of quaternary nitrogens is 1. The van der Waals surface area contributed by atoms with Crippen LogP contribution in [-0.2, 0) is 33.3 Å². The van der Waals surface area contributed by atoms with Gasteiger partial charge in [0.15, 0.2) is 12.4 Å². The summed E-state index contributed by atoms with van der Waals surface area (Å²) in [4.78, 5) is 37.5. The second-order valence-electron chi connectivity index (χ2n) is 25.5. The number of aliphatic carboxylic acids is 1. The minimum atomic E-state index is -1.63. The Hall–Kier alpha value is -3.79. The smallest absolute Gasteiger partial charge is 0.306 e. The van der Waals surface area contributed by atoms with E-state index in [0.717, 1.165) is 77.0 Å². The topological polar surface area (TPSA) is 111 Å². The average Bonchev–Trinajstić information content (AvgIpc) is 3.56. The van der Waals surface area contributed by atoms with E-state index in [1.54, 1.807) is 0 Å². The fraction of sp³-hybridized carbons (Fsp3) is 0.756. The molecule has 0 rings (SSSR count). The molecule has 2 atom stereocenters. The van der Waals surface area contributed by atoms with E-state index in [9.17, 15) is 19.5 Å². The van der Waals surface area contributed by atoms with Crippen molar-refractivity contribution in [2.75, 3.05) is 47.5 Å². The van der Waals surface area contributed by atoms with Crippen LogP contribution in [0.25, 0.3) is 0 Å². The highest BCUT2D eigenvalue weighted by atomic mass is 16.7. The van der Waals surface area contributed by atoms with Crippen molar-refractivity contribution in [1.82, 2.24) is 0 Å². The monoisotopic (exact) mass is 1220 g/mol. The van der Waals surface area contributed by atoms with Gasteiger partial charge in [-0.15, -0.1) is 0 Å². The van der Waals surface area contributed by atoms with Crippen molar-refractivity contribution in [2.24, 2.45) is 0 Å². The van der Waals surface area contributed by atoms with Crippen molar-refractivity contribution in [3.05, 3.63) is 97.2 Å². The molecule has 0 aromatic heterocycles. The maximum atomic E-state index is 12.9. The van der Waals surface area contributed by atoms with E-state index in [-0.39, 0.29) is 38.6 Å². The Bertz CT molecular complexity index is 1750. The molecule has 0 N–H and O–H groups in total. The molecule has 0 aliphatic carbocycles. The van der Waals surface area contributed by atoms with Crippen LogP contribution in [0.1, 0.15) is 322 Å². The first-order chi connectivity index (χ1) is 42.6. The van der Waals surface area contributed by atoms with Gasteiger partial charge in [0.2, 0.25) is 0 Å². The lowest BCUT2D eigenvalue weighted by molar-refractivity contribution is -0.870. The Kier molecular flexibility index (Phi) is 65.2. The molecular weight excluding hydrogens is 1080 g/mol. The fourth-order valence-corrected chi connectivity index (χ4v) is 10.3. The molecule has 0 radical (unpaired) electrons. The molecule has 87 heavy (non-hydrogen) atoms. The van der Waals surface area contributed by atoms with Crippen molar-refractivity contribution < 1.29 is 42.9 Å². The van der Waals surface area contributed by atoms with Crippen LogP contribution in [0.15, 0.2) is 97.2 Å². The number of rotatable bonds is 67. The van der Waals surface area contributed by atoms with Crippen molar-refractivity contribution in [3.63, 3.8) is 0 Å². The third-order valence-corrected chi connectivity index (χ3v) is 15.8. The van der Waals surface area contributed by atoms with Gasteiger partial charge < -0.3 is 33.3 Å². The molecule has 0 saturated carbocycles. The first kappa shape index (κ1) is 83.2. The van der Waals surface area contributed by atoms with Gasteiger partial charge in [0.05, 0.1) is 40.3 Å². The molecule has 0 spiro atoms. The molecule has 0 aliphatic heterocycles. The first-order valence-corrected chi connectivity index (χ1v) is 36.4. The average molecular weight is 1220 g/mol. The highest BCUT2D eigenvalue weighted by Gasteiger charge is 2.22. The van der Waals surface area contributed by atoms with E-state index in [1.165, 1.54) is 212 Å². The highest BCUT2D eigenvalue weighted by Crippen LogP contribution is 2.18. The Labute approximate surface area is 537 Å². The number of carboxylic acids is 1. The van der Waals surface area contributed by atoms with Gasteiger partial charge in [-0.05, 0) is 96.3 Å². The summed E-state index contributed by atoms with van der Waals surface area (Å²) >= 11 is 0. The summed E-state index contributed by atoms with van der Waals surface area (Å²) in [6.07, 6.45) is 90.7. The van der Waals surface area contributed by atoms with E-state index in [2.05, 4.69) is 111 Å². The summed E-state index contributed by atoms with van der Waals surface area (Å²) in [5.41, 5.74) is 0. The van der Waals surface area contributed by atoms with Gasteiger partial charge in [0.25, 0.3) is 0 Å². The predicted octanol–water partition coefficient (Wildman–Crippen LogP) is 21.5. The number of carboxylic acid groups (broad SMARTS) is 1. The molecule has 0 amide bonds. The number of carbonyl (C=O) groups excluding carboxylic acids is 3. The number of hydrogen-bond donors (Lipinski definition) is 0. The summed E-state index contributed by atoms with van der Waals surface area (Å²) < 4.78 is 22.8. The summed E-state index contributed by atoms with van der Waals surface area (Å²) in [5.74, 6) is -2.27. The van der Waals surface area contributed by atoms with Gasteiger partial charge in [0.1, 0.15) is 13.2 Å². The van der Waals surface area contributed by atoms with E-state index < -0.39 is 24.3 Å². The molecular formula is C78H137NO8. The van der Waals surface area contributed by atoms with Crippen LogP contribution in [0.5, 0.6) is 0 Å². The lowest BCUT2D eigenvalue weighted by Crippen LogP contribution is -2.44. The first-order valence-electron chi connectivity index (χ1n) is 36.4. The number of hydrogen-bond acceptors (Lipinski definition) is 8. The SMILES string of the molecule is CC/C=C\C/C=C\C/C=C\C/C=C\C/C=C\CCCCCCCCCCCCCCCCCCCCCC(=O)OC(COC(=O)CCCCCCCCCCCCCC/C=C\C/C=C\C/C=C\CCCCCCC)COC(OCC[N+](C)(C)C)C(=O)[O-]. The summed E-state index contributed by atoms with van der Waals surface area (Å²) in [6.45, 7) is 4.66. The lowest BCUT2D eigenvalue weighted by Gasteiger charge is -2.26. The zero-order chi connectivity index (χ0) is 63.3. The summed E-state index contributed by atoms with van der Waals surface area (Å²) in [6, 6.07) is 0. The number of carbonyl (C=O) groups is 3. The normalized spacial score (nSPS) is 13.3. The third kappa shape index (κ3) is 69.5. The van der Waals surface area contributed by atoms with Crippen molar-refractivity contribution >= 4 is 17.9 Å². The van der Waals surface area contributed by atoms with Gasteiger partial charge in [-0.1, -0.05) is 310 Å². The molecule has 0 bridgehead atoms. The van der Waals surface area contributed by atoms with Crippen molar-refractivity contribution in [3.8, 4) is 0 Å². The second-order valence-corrected chi connectivity index (χ2v) is 25.5.